The standard InChI is InChI=1S/C26H26S3/c1-5-7-9-11-13-21-17-19(3)27-25(21)23-15-16-24(29-23)26-22(18-20(4)28-26)14-12-10-8-6-2/h13,15-18H,1,6,8,10,12,14H2,2-4H3. The Hall–Kier alpha value is -2.04. The molecule has 0 aliphatic rings. The highest BCUT2D eigenvalue weighted by atomic mass is 32.1. The van der Waals surface area contributed by atoms with Crippen molar-refractivity contribution in [2.24, 2.45) is 0 Å². The molecule has 0 bridgehead atoms. The van der Waals surface area contributed by atoms with Crippen LogP contribution < -0.4 is 0 Å². The van der Waals surface area contributed by atoms with Crippen molar-refractivity contribution in [3.63, 3.8) is 0 Å². The van der Waals surface area contributed by atoms with Crippen LogP contribution in [-0.2, 0) is 6.42 Å². The van der Waals surface area contributed by atoms with Gasteiger partial charge in [-0.2, -0.15) is 0 Å². The Morgan fingerprint density at radius 2 is 1.62 bits per heavy atom. The van der Waals surface area contributed by atoms with Gasteiger partial charge in [-0.05, 0) is 80.6 Å². The largest absolute Gasteiger partial charge is 0.139 e. The van der Waals surface area contributed by atoms with Crippen LogP contribution in [0, 0.1) is 13.8 Å². The van der Waals surface area contributed by atoms with Gasteiger partial charge in [0.15, 0.2) is 0 Å². The van der Waals surface area contributed by atoms with Gasteiger partial charge in [0.05, 0.1) is 4.88 Å². The van der Waals surface area contributed by atoms with E-state index in [1.54, 1.807) is 0 Å². The SMILES string of the molecule is C=C=C=C=C=Cc1cc(C)sc1-c1ccc(-c2sc(C)cc2CCCCCC)s1. The fourth-order valence-electron chi connectivity index (χ4n) is 3.31. The van der Waals surface area contributed by atoms with E-state index in [2.05, 4.69) is 74.5 Å². The highest BCUT2D eigenvalue weighted by Crippen LogP contribution is 2.43. The van der Waals surface area contributed by atoms with E-state index in [4.69, 9.17) is 0 Å². The van der Waals surface area contributed by atoms with Crippen molar-refractivity contribution in [2.45, 2.75) is 52.9 Å². The van der Waals surface area contributed by atoms with Crippen molar-refractivity contribution in [3.05, 3.63) is 74.7 Å². The predicted octanol–water partition coefficient (Wildman–Crippen LogP) is 9.21. The first-order valence-corrected chi connectivity index (χ1v) is 12.5. The second-order valence-electron chi connectivity index (χ2n) is 7.04. The quantitative estimate of drug-likeness (QED) is 0.245. The summed E-state index contributed by atoms with van der Waals surface area (Å²) in [4.78, 5) is 8.16. The lowest BCUT2D eigenvalue weighted by molar-refractivity contribution is 0.668. The molecule has 3 aromatic rings. The number of hydrogen-bond donors (Lipinski definition) is 0. The van der Waals surface area contributed by atoms with Crippen LogP contribution in [-0.4, -0.2) is 0 Å². The first-order chi connectivity index (χ1) is 14.1. The Balaban J connectivity index is 1.90. The zero-order valence-electron chi connectivity index (χ0n) is 17.4. The summed E-state index contributed by atoms with van der Waals surface area (Å²) >= 11 is 5.66. The molecule has 0 aliphatic heterocycles. The third-order valence-corrected chi connectivity index (χ3v) is 8.22. The van der Waals surface area contributed by atoms with Crippen molar-refractivity contribution in [1.82, 2.24) is 0 Å². The second kappa shape index (κ2) is 10.7. The first-order valence-electron chi connectivity index (χ1n) is 10.0. The van der Waals surface area contributed by atoms with Gasteiger partial charge >= 0.3 is 0 Å². The molecule has 0 saturated heterocycles. The summed E-state index contributed by atoms with van der Waals surface area (Å²) in [6.07, 6.45) is 8.39. The molecule has 0 unspecified atom stereocenters. The molecule has 0 amide bonds. The summed E-state index contributed by atoms with van der Waals surface area (Å²) < 4.78 is 0. The summed E-state index contributed by atoms with van der Waals surface area (Å²) in [5, 5.41) is 0. The highest BCUT2D eigenvalue weighted by molar-refractivity contribution is 7.26. The monoisotopic (exact) mass is 434 g/mol. The van der Waals surface area contributed by atoms with Crippen LogP contribution in [0.5, 0.6) is 0 Å². The molecule has 0 fully saturated rings. The van der Waals surface area contributed by atoms with Crippen LogP contribution in [0.3, 0.4) is 0 Å². The maximum atomic E-state index is 3.49. The van der Waals surface area contributed by atoms with E-state index in [1.807, 2.05) is 40.1 Å². The number of thiophene rings is 3. The van der Waals surface area contributed by atoms with Crippen molar-refractivity contribution >= 4 is 40.1 Å². The van der Waals surface area contributed by atoms with Gasteiger partial charge in [-0.25, -0.2) is 0 Å². The molecule has 0 spiro atoms. The summed E-state index contributed by atoms with van der Waals surface area (Å²) in [6.45, 7) is 10.1. The maximum Gasteiger partial charge on any atom is 0.0524 e. The number of rotatable bonds is 8. The summed E-state index contributed by atoms with van der Waals surface area (Å²) in [5.74, 6) is 0. The molecule has 3 heterocycles. The Bertz CT molecular complexity index is 1120. The molecule has 3 rings (SSSR count). The lowest BCUT2D eigenvalue weighted by atomic mass is 10.1. The van der Waals surface area contributed by atoms with Crippen molar-refractivity contribution < 1.29 is 0 Å². The van der Waals surface area contributed by atoms with Crippen LogP contribution >= 0.6 is 34.0 Å². The van der Waals surface area contributed by atoms with Gasteiger partial charge in [0.1, 0.15) is 0 Å². The average Bonchev–Trinajstić information content (AvgIpc) is 3.40. The fourth-order valence-corrected chi connectivity index (χ4v) is 6.65. The Labute approximate surface area is 186 Å². The molecule has 0 N–H and O–H groups in total. The van der Waals surface area contributed by atoms with E-state index in [-0.39, 0.29) is 0 Å². The normalized spacial score (nSPS) is 10.2. The third-order valence-electron chi connectivity index (χ3n) is 4.62. The third kappa shape index (κ3) is 5.74. The number of aryl methyl sites for hydroxylation is 3. The number of unbranched alkanes of at least 4 members (excludes halogenated alkanes) is 3. The highest BCUT2D eigenvalue weighted by Gasteiger charge is 2.15. The lowest BCUT2D eigenvalue weighted by Crippen LogP contribution is -1.85. The Kier molecular flexibility index (Phi) is 7.96. The molecular formula is C26H26S3. The van der Waals surface area contributed by atoms with E-state index in [1.165, 1.54) is 72.5 Å². The van der Waals surface area contributed by atoms with Gasteiger partial charge in [0.25, 0.3) is 0 Å². The van der Waals surface area contributed by atoms with Gasteiger partial charge in [0, 0.05) is 29.9 Å². The molecule has 3 heteroatoms. The van der Waals surface area contributed by atoms with Crippen molar-refractivity contribution in [1.29, 1.82) is 0 Å². The molecule has 3 aromatic heterocycles. The van der Waals surface area contributed by atoms with E-state index >= 15 is 0 Å². The van der Waals surface area contributed by atoms with Gasteiger partial charge in [-0.15, -0.1) is 34.0 Å². The van der Waals surface area contributed by atoms with Crippen LogP contribution in [0.4, 0.5) is 0 Å². The van der Waals surface area contributed by atoms with Crippen LogP contribution in [0.25, 0.3) is 25.6 Å². The van der Waals surface area contributed by atoms with Crippen molar-refractivity contribution in [3.8, 4) is 19.5 Å². The van der Waals surface area contributed by atoms with Crippen LogP contribution in [0.1, 0.15) is 53.5 Å². The minimum Gasteiger partial charge on any atom is -0.139 e. The van der Waals surface area contributed by atoms with Crippen molar-refractivity contribution in [2.75, 3.05) is 0 Å². The summed E-state index contributed by atoms with van der Waals surface area (Å²) in [7, 11) is 0. The molecule has 0 radical (unpaired) electrons. The van der Waals surface area contributed by atoms with E-state index in [9.17, 15) is 0 Å². The zero-order valence-corrected chi connectivity index (χ0v) is 19.8. The molecule has 29 heavy (non-hydrogen) atoms. The molecule has 0 saturated carbocycles. The fraction of sp³-hybridized carbons (Fsp3) is 0.308. The lowest BCUT2D eigenvalue weighted by Gasteiger charge is -2.02. The maximum absolute atomic E-state index is 3.49. The zero-order chi connectivity index (χ0) is 20.6. The molecule has 0 aromatic carbocycles. The minimum atomic E-state index is 1.18. The van der Waals surface area contributed by atoms with Gasteiger partial charge in [-0.1, -0.05) is 37.6 Å². The summed E-state index contributed by atoms with van der Waals surface area (Å²) in [5.41, 5.74) is 13.8. The van der Waals surface area contributed by atoms with E-state index < -0.39 is 0 Å². The van der Waals surface area contributed by atoms with Gasteiger partial charge in [-0.3, -0.25) is 0 Å². The first kappa shape index (κ1) is 21.7. The molecule has 148 valence electrons. The number of hydrogen-bond acceptors (Lipinski definition) is 3. The average molecular weight is 435 g/mol. The van der Waals surface area contributed by atoms with Gasteiger partial charge < -0.3 is 0 Å². The molecule has 0 aliphatic carbocycles. The topological polar surface area (TPSA) is 0 Å². The Morgan fingerprint density at radius 3 is 2.38 bits per heavy atom. The summed E-state index contributed by atoms with van der Waals surface area (Å²) in [6, 6.07) is 9.15. The van der Waals surface area contributed by atoms with E-state index in [0.717, 1.165) is 0 Å². The molecule has 0 atom stereocenters. The van der Waals surface area contributed by atoms with Crippen LogP contribution in [0.15, 0.2) is 53.8 Å². The smallest absolute Gasteiger partial charge is 0.0524 e. The minimum absolute atomic E-state index is 1.18. The molecular weight excluding hydrogens is 408 g/mol. The Morgan fingerprint density at radius 1 is 0.897 bits per heavy atom. The predicted molar refractivity (Wildman–Crippen MR) is 132 cm³/mol. The van der Waals surface area contributed by atoms with E-state index in [0.29, 0.717) is 0 Å². The second-order valence-corrected chi connectivity index (χ2v) is 10.6. The van der Waals surface area contributed by atoms with Crippen LogP contribution in [0.2, 0.25) is 0 Å². The molecule has 0 nitrogen and oxygen atoms in total. The van der Waals surface area contributed by atoms with Gasteiger partial charge in [0.2, 0.25) is 0 Å².